The monoisotopic (exact) mass is 446 g/mol. The van der Waals surface area contributed by atoms with Gasteiger partial charge in [-0.25, -0.2) is 0 Å². The SMILES string of the molecule is COc1ccc([N+](=O)[O-])cc1CSc1nnc(COc2ccccc2Cl)n1C1CC1. The van der Waals surface area contributed by atoms with Gasteiger partial charge in [0.2, 0.25) is 0 Å². The molecule has 1 heterocycles. The summed E-state index contributed by atoms with van der Waals surface area (Å²) in [5, 5.41) is 21.0. The minimum atomic E-state index is -0.412. The third kappa shape index (κ3) is 4.52. The van der Waals surface area contributed by atoms with Crippen molar-refractivity contribution in [3.63, 3.8) is 0 Å². The number of hydrogen-bond donors (Lipinski definition) is 0. The van der Waals surface area contributed by atoms with Gasteiger partial charge in [0.25, 0.3) is 5.69 Å². The zero-order valence-electron chi connectivity index (χ0n) is 16.2. The number of hydrogen-bond acceptors (Lipinski definition) is 7. The first-order valence-electron chi connectivity index (χ1n) is 9.32. The molecule has 0 N–H and O–H groups in total. The van der Waals surface area contributed by atoms with E-state index in [0.29, 0.717) is 28.3 Å². The van der Waals surface area contributed by atoms with E-state index in [1.807, 2.05) is 18.2 Å². The van der Waals surface area contributed by atoms with Crippen molar-refractivity contribution >= 4 is 29.1 Å². The summed E-state index contributed by atoms with van der Waals surface area (Å²) in [6.45, 7) is 0.258. The van der Waals surface area contributed by atoms with Gasteiger partial charge in [-0.05, 0) is 31.0 Å². The van der Waals surface area contributed by atoms with Gasteiger partial charge in [-0.2, -0.15) is 0 Å². The minimum Gasteiger partial charge on any atom is -0.496 e. The van der Waals surface area contributed by atoms with Gasteiger partial charge in [0.1, 0.15) is 18.1 Å². The van der Waals surface area contributed by atoms with Crippen LogP contribution >= 0.6 is 23.4 Å². The first kappa shape index (κ1) is 20.5. The number of nitro benzene ring substituents is 1. The van der Waals surface area contributed by atoms with Crippen LogP contribution in [0.3, 0.4) is 0 Å². The number of para-hydroxylation sites is 1. The fourth-order valence-electron chi connectivity index (χ4n) is 3.04. The van der Waals surface area contributed by atoms with Crippen molar-refractivity contribution in [3.8, 4) is 11.5 Å². The van der Waals surface area contributed by atoms with E-state index in [4.69, 9.17) is 21.1 Å². The summed E-state index contributed by atoms with van der Waals surface area (Å²) < 4.78 is 13.3. The van der Waals surface area contributed by atoms with Crippen molar-refractivity contribution < 1.29 is 14.4 Å². The smallest absolute Gasteiger partial charge is 0.270 e. The number of ether oxygens (including phenoxy) is 2. The minimum absolute atomic E-state index is 0.0314. The number of nitrogens with zero attached hydrogens (tertiary/aromatic N) is 4. The summed E-state index contributed by atoms with van der Waals surface area (Å²) in [6, 6.07) is 12.2. The number of methoxy groups -OCH3 is 1. The van der Waals surface area contributed by atoms with Crippen molar-refractivity contribution in [3.05, 3.63) is 69.0 Å². The highest BCUT2D eigenvalue weighted by atomic mass is 35.5. The molecule has 30 heavy (non-hydrogen) atoms. The van der Waals surface area contributed by atoms with Crippen LogP contribution in [0.5, 0.6) is 11.5 Å². The zero-order valence-corrected chi connectivity index (χ0v) is 17.7. The third-order valence-corrected chi connectivity index (χ3v) is 5.98. The molecule has 1 aliphatic rings. The summed E-state index contributed by atoms with van der Waals surface area (Å²) in [5.41, 5.74) is 0.764. The number of nitro groups is 1. The quantitative estimate of drug-likeness (QED) is 0.258. The lowest BCUT2D eigenvalue weighted by atomic mass is 10.2. The first-order chi connectivity index (χ1) is 14.6. The van der Waals surface area contributed by atoms with Gasteiger partial charge in [0, 0.05) is 29.5 Å². The Morgan fingerprint density at radius 2 is 2.03 bits per heavy atom. The standard InChI is InChI=1S/C20H19ClN4O4S/c1-28-17-9-8-15(25(26)27)10-13(17)12-30-20-23-22-19(24(20)14-6-7-14)11-29-18-5-3-2-4-16(18)21/h2-5,8-10,14H,6-7,11-12H2,1H3. The second-order valence-electron chi connectivity index (χ2n) is 6.76. The molecule has 0 amide bonds. The number of non-ortho nitro benzene ring substituents is 1. The lowest BCUT2D eigenvalue weighted by molar-refractivity contribution is -0.384. The van der Waals surface area contributed by atoms with E-state index >= 15 is 0 Å². The van der Waals surface area contributed by atoms with Crippen molar-refractivity contribution in [1.82, 2.24) is 14.8 Å². The van der Waals surface area contributed by atoms with Crippen LogP contribution in [0.2, 0.25) is 5.02 Å². The molecule has 1 aromatic heterocycles. The number of halogens is 1. The Hall–Kier alpha value is -2.78. The van der Waals surface area contributed by atoms with E-state index in [9.17, 15) is 10.1 Å². The summed E-state index contributed by atoms with van der Waals surface area (Å²) >= 11 is 7.63. The van der Waals surface area contributed by atoms with Crippen LogP contribution in [-0.4, -0.2) is 26.8 Å². The molecule has 0 atom stereocenters. The number of aromatic nitrogens is 3. The molecule has 1 fully saturated rings. The van der Waals surface area contributed by atoms with Crippen LogP contribution in [0.1, 0.15) is 30.3 Å². The molecule has 0 saturated heterocycles. The third-order valence-electron chi connectivity index (χ3n) is 4.67. The van der Waals surface area contributed by atoms with Gasteiger partial charge in [-0.15, -0.1) is 10.2 Å². The van der Waals surface area contributed by atoms with Crippen LogP contribution in [0.25, 0.3) is 0 Å². The lowest BCUT2D eigenvalue weighted by Gasteiger charge is -2.11. The predicted octanol–water partition coefficient (Wildman–Crippen LogP) is 5.05. The highest BCUT2D eigenvalue weighted by Crippen LogP contribution is 2.40. The van der Waals surface area contributed by atoms with Crippen LogP contribution in [-0.2, 0) is 12.4 Å². The molecule has 10 heteroatoms. The van der Waals surface area contributed by atoms with Crippen LogP contribution in [0.4, 0.5) is 5.69 Å². The summed E-state index contributed by atoms with van der Waals surface area (Å²) in [4.78, 5) is 10.7. The molecule has 0 radical (unpaired) electrons. The van der Waals surface area contributed by atoms with Crippen molar-refractivity contribution in [1.29, 1.82) is 0 Å². The lowest BCUT2D eigenvalue weighted by Crippen LogP contribution is -2.07. The fraction of sp³-hybridized carbons (Fsp3) is 0.300. The molecule has 0 unspecified atom stereocenters. The largest absolute Gasteiger partial charge is 0.496 e. The van der Waals surface area contributed by atoms with Crippen molar-refractivity contribution in [2.75, 3.05) is 7.11 Å². The average Bonchev–Trinajstić information content (AvgIpc) is 3.51. The predicted molar refractivity (Wildman–Crippen MR) is 113 cm³/mol. The summed E-state index contributed by atoms with van der Waals surface area (Å²) in [7, 11) is 1.55. The molecule has 0 spiro atoms. The maximum absolute atomic E-state index is 11.1. The van der Waals surface area contributed by atoms with E-state index in [-0.39, 0.29) is 12.3 Å². The van der Waals surface area contributed by atoms with Gasteiger partial charge < -0.3 is 9.47 Å². The van der Waals surface area contributed by atoms with E-state index < -0.39 is 4.92 Å². The Labute approximate surface area is 182 Å². The molecule has 4 rings (SSSR count). The van der Waals surface area contributed by atoms with Crippen molar-refractivity contribution in [2.24, 2.45) is 0 Å². The Kier molecular flexibility index (Phi) is 6.10. The van der Waals surface area contributed by atoms with E-state index in [1.165, 1.54) is 23.9 Å². The van der Waals surface area contributed by atoms with Gasteiger partial charge in [0.05, 0.1) is 17.1 Å². The van der Waals surface area contributed by atoms with E-state index in [0.717, 1.165) is 29.4 Å². The van der Waals surface area contributed by atoms with Crippen molar-refractivity contribution in [2.45, 2.75) is 36.4 Å². The average molecular weight is 447 g/mol. The zero-order chi connectivity index (χ0) is 21.1. The summed E-state index contributed by atoms with van der Waals surface area (Å²) in [5.74, 6) is 2.40. The summed E-state index contributed by atoms with van der Waals surface area (Å²) in [6.07, 6.45) is 2.12. The number of benzene rings is 2. The molecule has 1 saturated carbocycles. The maximum atomic E-state index is 11.1. The van der Waals surface area contributed by atoms with Gasteiger partial charge in [-0.3, -0.25) is 14.7 Å². The van der Waals surface area contributed by atoms with Gasteiger partial charge >= 0.3 is 0 Å². The molecule has 3 aromatic rings. The van der Waals surface area contributed by atoms with Crippen LogP contribution < -0.4 is 9.47 Å². The normalized spacial score (nSPS) is 13.3. The van der Waals surface area contributed by atoms with E-state index in [2.05, 4.69) is 14.8 Å². The molecule has 0 aliphatic heterocycles. The van der Waals surface area contributed by atoms with E-state index in [1.54, 1.807) is 19.2 Å². The van der Waals surface area contributed by atoms with Crippen LogP contribution in [0.15, 0.2) is 47.6 Å². The highest BCUT2D eigenvalue weighted by molar-refractivity contribution is 7.98. The Morgan fingerprint density at radius 1 is 1.23 bits per heavy atom. The topological polar surface area (TPSA) is 92.3 Å². The molecular weight excluding hydrogens is 428 g/mol. The van der Waals surface area contributed by atoms with Gasteiger partial charge in [0.15, 0.2) is 11.0 Å². The first-order valence-corrected chi connectivity index (χ1v) is 10.7. The number of rotatable bonds is 9. The molecule has 8 nitrogen and oxygen atoms in total. The Balaban J connectivity index is 1.51. The molecular formula is C20H19ClN4O4S. The highest BCUT2D eigenvalue weighted by Gasteiger charge is 2.30. The molecule has 1 aliphatic carbocycles. The Bertz CT molecular complexity index is 1070. The second-order valence-corrected chi connectivity index (χ2v) is 8.11. The molecule has 2 aromatic carbocycles. The number of thioether (sulfide) groups is 1. The maximum Gasteiger partial charge on any atom is 0.270 e. The van der Waals surface area contributed by atoms with Crippen LogP contribution in [0, 0.1) is 10.1 Å². The van der Waals surface area contributed by atoms with Gasteiger partial charge in [-0.1, -0.05) is 35.5 Å². The molecule has 156 valence electrons. The second kappa shape index (κ2) is 8.93. The fourth-order valence-corrected chi connectivity index (χ4v) is 4.23. The molecule has 0 bridgehead atoms. The Morgan fingerprint density at radius 3 is 2.73 bits per heavy atom.